The number of anilines is 1. The highest BCUT2D eigenvalue weighted by atomic mass is 35.5. The number of nitrogens with one attached hydrogen (secondary N) is 1. The summed E-state index contributed by atoms with van der Waals surface area (Å²) in [6, 6.07) is 21.2. The Morgan fingerprint density at radius 3 is 2.37 bits per heavy atom. The Morgan fingerprint density at radius 1 is 0.943 bits per heavy atom. The fourth-order valence-electron chi connectivity index (χ4n) is 4.07. The molecule has 1 amide bonds. The first kappa shape index (κ1) is 24.8. The molecule has 0 aromatic heterocycles. The van der Waals surface area contributed by atoms with E-state index in [4.69, 9.17) is 21.1 Å². The van der Waals surface area contributed by atoms with E-state index in [1.54, 1.807) is 13.2 Å². The van der Waals surface area contributed by atoms with Crippen LogP contribution in [0.15, 0.2) is 72.8 Å². The third-order valence-electron chi connectivity index (χ3n) is 6.00. The van der Waals surface area contributed by atoms with E-state index in [1.807, 2.05) is 54.6 Å². The lowest BCUT2D eigenvalue weighted by Crippen LogP contribution is -2.29. The standard InChI is InChI=1S/C29H31ClN2O3/c1-34-28-19-22(9-15-27(28)35-21-24-5-11-25(30)12-6-24)10-16-29(33)31-26-13-7-23(8-14-26)20-32-17-3-2-4-18-32/h5-16,19H,2-4,17-18,20-21H2,1H3,(H,31,33)/b16-10+. The number of ether oxygens (including phenoxy) is 2. The Hall–Kier alpha value is -3.28. The molecule has 0 atom stereocenters. The normalized spacial score (nSPS) is 14.1. The number of piperidine rings is 1. The van der Waals surface area contributed by atoms with E-state index in [1.165, 1.54) is 44.0 Å². The molecule has 0 bridgehead atoms. The second-order valence-corrected chi connectivity index (χ2v) is 9.12. The van der Waals surface area contributed by atoms with Gasteiger partial charge in [0.05, 0.1) is 7.11 Å². The number of rotatable bonds is 9. The predicted octanol–water partition coefficient (Wildman–Crippen LogP) is 6.57. The zero-order valence-corrected chi connectivity index (χ0v) is 20.8. The van der Waals surface area contributed by atoms with Crippen molar-refractivity contribution in [2.45, 2.75) is 32.4 Å². The first-order valence-corrected chi connectivity index (χ1v) is 12.3. The molecule has 0 spiro atoms. The first-order chi connectivity index (χ1) is 17.1. The summed E-state index contributed by atoms with van der Waals surface area (Å²) in [6.45, 7) is 3.71. The Balaban J connectivity index is 1.30. The number of methoxy groups -OCH3 is 1. The number of hydrogen-bond acceptors (Lipinski definition) is 4. The molecule has 1 fully saturated rings. The van der Waals surface area contributed by atoms with Gasteiger partial charge in [0.2, 0.25) is 5.91 Å². The SMILES string of the molecule is COc1cc(/C=C/C(=O)Nc2ccc(CN3CCCCC3)cc2)ccc1OCc1ccc(Cl)cc1. The number of carbonyl (C=O) groups excluding carboxylic acids is 1. The molecule has 1 aliphatic heterocycles. The van der Waals surface area contributed by atoms with Crippen molar-refractivity contribution in [1.82, 2.24) is 4.90 Å². The van der Waals surface area contributed by atoms with E-state index in [-0.39, 0.29) is 5.91 Å². The highest BCUT2D eigenvalue weighted by Gasteiger charge is 2.10. The van der Waals surface area contributed by atoms with Gasteiger partial charge < -0.3 is 14.8 Å². The second-order valence-electron chi connectivity index (χ2n) is 8.68. The highest BCUT2D eigenvalue weighted by Crippen LogP contribution is 2.29. The van der Waals surface area contributed by atoms with Crippen LogP contribution in [-0.4, -0.2) is 31.0 Å². The third kappa shape index (κ3) is 7.61. The number of hydrogen-bond donors (Lipinski definition) is 1. The lowest BCUT2D eigenvalue weighted by atomic mass is 10.1. The summed E-state index contributed by atoms with van der Waals surface area (Å²) in [6.07, 6.45) is 7.18. The quantitative estimate of drug-likeness (QED) is 0.345. The van der Waals surface area contributed by atoms with Gasteiger partial charge in [0.25, 0.3) is 0 Å². The van der Waals surface area contributed by atoms with Crippen LogP contribution in [0.5, 0.6) is 11.5 Å². The maximum atomic E-state index is 12.4. The van der Waals surface area contributed by atoms with Gasteiger partial charge in [-0.05, 0) is 85.1 Å². The van der Waals surface area contributed by atoms with E-state index in [0.29, 0.717) is 23.1 Å². The number of benzene rings is 3. The molecule has 0 aliphatic carbocycles. The average molecular weight is 491 g/mol. The Bertz CT molecular complexity index is 1140. The molecular weight excluding hydrogens is 460 g/mol. The second kappa shape index (κ2) is 12.4. The summed E-state index contributed by atoms with van der Waals surface area (Å²) in [7, 11) is 1.60. The van der Waals surface area contributed by atoms with Crippen molar-refractivity contribution < 1.29 is 14.3 Å². The van der Waals surface area contributed by atoms with Crippen molar-refractivity contribution in [2.24, 2.45) is 0 Å². The number of amides is 1. The summed E-state index contributed by atoms with van der Waals surface area (Å²) in [5.74, 6) is 1.05. The van der Waals surface area contributed by atoms with Crippen molar-refractivity contribution in [1.29, 1.82) is 0 Å². The van der Waals surface area contributed by atoms with Crippen LogP contribution in [0, 0.1) is 0 Å². The molecule has 182 valence electrons. The van der Waals surface area contributed by atoms with Gasteiger partial charge in [-0.2, -0.15) is 0 Å². The van der Waals surface area contributed by atoms with Crippen LogP contribution in [0.3, 0.4) is 0 Å². The van der Waals surface area contributed by atoms with Crippen LogP contribution in [0.25, 0.3) is 6.08 Å². The molecule has 3 aromatic carbocycles. The van der Waals surface area contributed by atoms with E-state index in [9.17, 15) is 4.79 Å². The maximum Gasteiger partial charge on any atom is 0.248 e. The summed E-state index contributed by atoms with van der Waals surface area (Å²) < 4.78 is 11.4. The topological polar surface area (TPSA) is 50.8 Å². The molecule has 0 unspecified atom stereocenters. The third-order valence-corrected chi connectivity index (χ3v) is 6.25. The molecule has 1 heterocycles. The number of halogens is 1. The lowest BCUT2D eigenvalue weighted by Gasteiger charge is -2.26. The molecule has 0 radical (unpaired) electrons. The van der Waals surface area contributed by atoms with Gasteiger partial charge in [-0.1, -0.05) is 48.4 Å². The average Bonchev–Trinajstić information content (AvgIpc) is 2.89. The van der Waals surface area contributed by atoms with Gasteiger partial charge >= 0.3 is 0 Å². The van der Waals surface area contributed by atoms with Gasteiger partial charge in [0.1, 0.15) is 6.61 Å². The highest BCUT2D eigenvalue weighted by molar-refractivity contribution is 6.30. The summed E-state index contributed by atoms with van der Waals surface area (Å²) >= 11 is 5.93. The summed E-state index contributed by atoms with van der Waals surface area (Å²) in [5, 5.41) is 3.61. The predicted molar refractivity (Wildman–Crippen MR) is 142 cm³/mol. The van der Waals surface area contributed by atoms with Crippen LogP contribution >= 0.6 is 11.6 Å². The molecule has 1 saturated heterocycles. The molecule has 35 heavy (non-hydrogen) atoms. The van der Waals surface area contributed by atoms with Crippen molar-refractivity contribution >= 4 is 29.3 Å². The van der Waals surface area contributed by atoms with Crippen LogP contribution < -0.4 is 14.8 Å². The molecular formula is C29H31ClN2O3. The fraction of sp³-hybridized carbons (Fsp3) is 0.276. The minimum Gasteiger partial charge on any atom is -0.493 e. The zero-order valence-electron chi connectivity index (χ0n) is 20.0. The summed E-state index contributed by atoms with van der Waals surface area (Å²) in [4.78, 5) is 14.9. The Labute approximate surface area is 212 Å². The van der Waals surface area contributed by atoms with Crippen molar-refractivity contribution in [3.63, 3.8) is 0 Å². The lowest BCUT2D eigenvalue weighted by molar-refractivity contribution is -0.111. The van der Waals surface area contributed by atoms with Gasteiger partial charge in [-0.15, -0.1) is 0 Å². The monoisotopic (exact) mass is 490 g/mol. The van der Waals surface area contributed by atoms with Crippen molar-refractivity contribution in [3.8, 4) is 11.5 Å². The van der Waals surface area contributed by atoms with Crippen molar-refractivity contribution in [2.75, 3.05) is 25.5 Å². The number of nitrogens with zero attached hydrogens (tertiary/aromatic N) is 1. The van der Waals surface area contributed by atoms with Crippen LogP contribution in [0.4, 0.5) is 5.69 Å². The molecule has 3 aromatic rings. The fourth-order valence-corrected chi connectivity index (χ4v) is 4.20. The van der Waals surface area contributed by atoms with E-state index in [0.717, 1.165) is 23.4 Å². The molecule has 0 saturated carbocycles. The van der Waals surface area contributed by atoms with Crippen LogP contribution in [-0.2, 0) is 17.9 Å². The molecule has 6 heteroatoms. The minimum absolute atomic E-state index is 0.184. The largest absolute Gasteiger partial charge is 0.493 e. The van der Waals surface area contributed by atoms with E-state index in [2.05, 4.69) is 22.3 Å². The van der Waals surface area contributed by atoms with Crippen molar-refractivity contribution in [3.05, 3.63) is 94.5 Å². The summed E-state index contributed by atoms with van der Waals surface area (Å²) in [5.41, 5.74) is 3.90. The van der Waals surface area contributed by atoms with Gasteiger partial charge in [-0.3, -0.25) is 9.69 Å². The van der Waals surface area contributed by atoms with Gasteiger partial charge in [0, 0.05) is 23.3 Å². The molecule has 1 N–H and O–H groups in total. The van der Waals surface area contributed by atoms with Crippen LogP contribution in [0.2, 0.25) is 5.02 Å². The van der Waals surface area contributed by atoms with E-state index >= 15 is 0 Å². The van der Waals surface area contributed by atoms with E-state index < -0.39 is 0 Å². The minimum atomic E-state index is -0.184. The smallest absolute Gasteiger partial charge is 0.248 e. The Morgan fingerprint density at radius 2 is 1.66 bits per heavy atom. The number of likely N-dealkylation sites (tertiary alicyclic amines) is 1. The number of carbonyl (C=O) groups is 1. The molecule has 5 nitrogen and oxygen atoms in total. The van der Waals surface area contributed by atoms with Gasteiger partial charge in [-0.25, -0.2) is 0 Å². The maximum absolute atomic E-state index is 12.4. The first-order valence-electron chi connectivity index (χ1n) is 11.9. The molecule has 4 rings (SSSR count). The Kier molecular flexibility index (Phi) is 8.82. The zero-order chi connectivity index (χ0) is 24.5. The van der Waals surface area contributed by atoms with Crippen LogP contribution in [0.1, 0.15) is 36.0 Å². The molecule has 1 aliphatic rings. The van der Waals surface area contributed by atoms with Gasteiger partial charge in [0.15, 0.2) is 11.5 Å².